The second-order valence-corrected chi connectivity index (χ2v) is 5.43. The third-order valence-electron chi connectivity index (χ3n) is 2.77. The summed E-state index contributed by atoms with van der Waals surface area (Å²) in [6.07, 6.45) is -0.0750. The number of anilines is 1. The zero-order valence-electron chi connectivity index (χ0n) is 11.1. The third-order valence-corrected chi connectivity index (χ3v) is 3.77. The number of esters is 1. The second kappa shape index (κ2) is 6.40. The summed E-state index contributed by atoms with van der Waals surface area (Å²) in [4.78, 5) is 35.0. The fourth-order valence-corrected chi connectivity index (χ4v) is 2.65. The predicted molar refractivity (Wildman–Crippen MR) is 78.3 cm³/mol. The van der Waals surface area contributed by atoms with E-state index in [-0.39, 0.29) is 23.1 Å². The quantitative estimate of drug-likeness (QED) is 0.718. The molecule has 0 saturated carbocycles. The lowest BCUT2D eigenvalue weighted by molar-refractivity contribution is -0.122. The van der Waals surface area contributed by atoms with Gasteiger partial charge in [-0.2, -0.15) is 0 Å². The Morgan fingerprint density at radius 2 is 2.14 bits per heavy atom. The van der Waals surface area contributed by atoms with Gasteiger partial charge in [0.2, 0.25) is 11.8 Å². The molecule has 1 aromatic rings. The number of thioether (sulfide) groups is 1. The number of carbonyl (C=O) groups excluding carboxylic acids is 3. The van der Waals surface area contributed by atoms with E-state index in [0.717, 1.165) is 11.8 Å². The van der Waals surface area contributed by atoms with Gasteiger partial charge in [0.1, 0.15) is 5.25 Å². The molecule has 1 saturated heterocycles. The van der Waals surface area contributed by atoms with Gasteiger partial charge in [0.05, 0.1) is 18.4 Å². The topological polar surface area (TPSA) is 108 Å². The van der Waals surface area contributed by atoms with Crippen LogP contribution in [0.1, 0.15) is 16.8 Å². The SMILES string of the molecule is COC(=O)c1ccccc1NC(=O)CC1SC(=N)NC1=O. The van der Waals surface area contributed by atoms with Crippen molar-refractivity contribution in [1.82, 2.24) is 5.32 Å². The molecule has 0 aromatic heterocycles. The molecule has 0 radical (unpaired) electrons. The highest BCUT2D eigenvalue weighted by Crippen LogP contribution is 2.22. The number of rotatable bonds is 4. The average molecular weight is 307 g/mol. The summed E-state index contributed by atoms with van der Waals surface area (Å²) in [6, 6.07) is 6.44. The second-order valence-electron chi connectivity index (χ2n) is 4.21. The van der Waals surface area contributed by atoms with Gasteiger partial charge in [-0.05, 0) is 12.1 Å². The average Bonchev–Trinajstić information content (AvgIpc) is 2.76. The first-order chi connectivity index (χ1) is 10.0. The molecule has 0 bridgehead atoms. The van der Waals surface area contributed by atoms with Crippen LogP contribution in [0.25, 0.3) is 0 Å². The summed E-state index contributed by atoms with van der Waals surface area (Å²) in [5, 5.41) is 11.7. The van der Waals surface area contributed by atoms with Crippen molar-refractivity contribution in [3.05, 3.63) is 29.8 Å². The minimum atomic E-state index is -0.622. The van der Waals surface area contributed by atoms with Crippen LogP contribution in [0, 0.1) is 5.41 Å². The number of ether oxygens (including phenoxy) is 1. The maximum Gasteiger partial charge on any atom is 0.339 e. The molecule has 8 heteroatoms. The molecule has 2 amide bonds. The standard InChI is InChI=1S/C13H13N3O4S/c1-20-12(19)7-4-2-3-5-8(7)15-10(17)6-9-11(18)16-13(14)21-9/h2-5,9H,6H2,1H3,(H,15,17)(H2,14,16,18). The van der Waals surface area contributed by atoms with E-state index in [0.29, 0.717) is 5.69 Å². The number of nitrogens with one attached hydrogen (secondary N) is 3. The number of para-hydroxylation sites is 1. The number of benzene rings is 1. The van der Waals surface area contributed by atoms with Gasteiger partial charge in [0.25, 0.3) is 0 Å². The van der Waals surface area contributed by atoms with Gasteiger partial charge < -0.3 is 15.4 Å². The Labute approximate surface area is 124 Å². The van der Waals surface area contributed by atoms with Crippen molar-refractivity contribution in [3.8, 4) is 0 Å². The lowest BCUT2D eigenvalue weighted by Crippen LogP contribution is -2.28. The van der Waals surface area contributed by atoms with Crippen molar-refractivity contribution in [2.45, 2.75) is 11.7 Å². The molecule has 1 aliphatic heterocycles. The van der Waals surface area contributed by atoms with Gasteiger partial charge >= 0.3 is 5.97 Å². The molecule has 1 aromatic carbocycles. The molecule has 7 nitrogen and oxygen atoms in total. The van der Waals surface area contributed by atoms with Crippen LogP contribution >= 0.6 is 11.8 Å². The molecular formula is C13H13N3O4S. The maximum atomic E-state index is 12.0. The summed E-state index contributed by atoms with van der Waals surface area (Å²) in [7, 11) is 1.26. The number of amides is 2. The molecule has 0 spiro atoms. The zero-order chi connectivity index (χ0) is 15.4. The first-order valence-corrected chi connectivity index (χ1v) is 6.92. The van der Waals surface area contributed by atoms with E-state index in [1.165, 1.54) is 13.2 Å². The van der Waals surface area contributed by atoms with E-state index in [9.17, 15) is 14.4 Å². The minimum Gasteiger partial charge on any atom is -0.465 e. The Hall–Kier alpha value is -2.35. The number of hydrogen-bond donors (Lipinski definition) is 3. The van der Waals surface area contributed by atoms with E-state index >= 15 is 0 Å². The molecule has 110 valence electrons. The van der Waals surface area contributed by atoms with E-state index in [1.807, 2.05) is 0 Å². The van der Waals surface area contributed by atoms with Crippen molar-refractivity contribution < 1.29 is 19.1 Å². The summed E-state index contributed by atoms with van der Waals surface area (Å²) in [5.41, 5.74) is 0.567. The fraction of sp³-hybridized carbons (Fsp3) is 0.231. The van der Waals surface area contributed by atoms with Gasteiger partial charge in [-0.15, -0.1) is 0 Å². The Bertz CT molecular complexity index is 617. The first-order valence-electron chi connectivity index (χ1n) is 6.04. The van der Waals surface area contributed by atoms with Crippen LogP contribution in [0.3, 0.4) is 0 Å². The zero-order valence-corrected chi connectivity index (χ0v) is 12.0. The molecule has 1 fully saturated rings. The molecule has 2 rings (SSSR count). The van der Waals surface area contributed by atoms with Crippen molar-refractivity contribution in [2.75, 3.05) is 12.4 Å². The summed E-state index contributed by atoms with van der Waals surface area (Å²) in [6.45, 7) is 0. The van der Waals surface area contributed by atoms with E-state index in [1.54, 1.807) is 18.2 Å². The Balaban J connectivity index is 2.05. The van der Waals surface area contributed by atoms with Crippen LogP contribution in [-0.2, 0) is 14.3 Å². The first kappa shape index (κ1) is 15.0. The highest BCUT2D eigenvalue weighted by molar-refractivity contribution is 8.15. The van der Waals surface area contributed by atoms with E-state index in [4.69, 9.17) is 5.41 Å². The van der Waals surface area contributed by atoms with Crippen molar-refractivity contribution in [2.24, 2.45) is 0 Å². The third kappa shape index (κ3) is 3.60. The molecule has 3 N–H and O–H groups in total. The lowest BCUT2D eigenvalue weighted by atomic mass is 10.1. The number of methoxy groups -OCH3 is 1. The maximum absolute atomic E-state index is 12.0. The number of hydrogen-bond acceptors (Lipinski definition) is 6. The molecule has 1 unspecified atom stereocenters. The molecular weight excluding hydrogens is 294 g/mol. The molecule has 1 atom stereocenters. The van der Waals surface area contributed by atoms with Crippen LogP contribution in [0.5, 0.6) is 0 Å². The monoisotopic (exact) mass is 307 g/mol. The Kier molecular flexibility index (Phi) is 4.59. The largest absolute Gasteiger partial charge is 0.465 e. The minimum absolute atomic E-state index is 0.0350. The highest BCUT2D eigenvalue weighted by Gasteiger charge is 2.31. The Morgan fingerprint density at radius 1 is 1.43 bits per heavy atom. The highest BCUT2D eigenvalue weighted by atomic mass is 32.2. The Morgan fingerprint density at radius 3 is 2.76 bits per heavy atom. The number of carbonyl (C=O) groups is 3. The summed E-state index contributed by atoms with van der Waals surface area (Å²) < 4.78 is 4.64. The molecule has 1 aliphatic rings. The fourth-order valence-electron chi connectivity index (χ4n) is 1.80. The predicted octanol–water partition coefficient (Wildman–Crippen LogP) is 0.968. The molecule has 1 heterocycles. The van der Waals surface area contributed by atoms with Crippen molar-refractivity contribution in [1.29, 1.82) is 5.41 Å². The van der Waals surface area contributed by atoms with Gasteiger partial charge in [0.15, 0.2) is 5.17 Å². The van der Waals surface area contributed by atoms with Gasteiger partial charge in [-0.25, -0.2) is 4.79 Å². The van der Waals surface area contributed by atoms with Crippen LogP contribution in [-0.4, -0.2) is 35.3 Å². The van der Waals surface area contributed by atoms with Gasteiger partial charge in [0, 0.05) is 6.42 Å². The molecule has 21 heavy (non-hydrogen) atoms. The van der Waals surface area contributed by atoms with E-state index in [2.05, 4.69) is 15.4 Å². The van der Waals surface area contributed by atoms with Crippen LogP contribution < -0.4 is 10.6 Å². The van der Waals surface area contributed by atoms with Crippen molar-refractivity contribution >= 4 is 40.4 Å². The van der Waals surface area contributed by atoms with Gasteiger partial charge in [-0.3, -0.25) is 15.0 Å². The normalized spacial score (nSPS) is 17.3. The summed E-state index contributed by atoms with van der Waals surface area (Å²) in [5.74, 6) is -1.32. The summed E-state index contributed by atoms with van der Waals surface area (Å²) >= 11 is 0.998. The van der Waals surface area contributed by atoms with E-state index < -0.39 is 17.1 Å². The molecule has 0 aliphatic carbocycles. The smallest absolute Gasteiger partial charge is 0.339 e. The van der Waals surface area contributed by atoms with Crippen LogP contribution in [0.2, 0.25) is 0 Å². The van der Waals surface area contributed by atoms with Crippen molar-refractivity contribution in [3.63, 3.8) is 0 Å². The van der Waals surface area contributed by atoms with Gasteiger partial charge in [-0.1, -0.05) is 23.9 Å². The lowest BCUT2D eigenvalue weighted by Gasteiger charge is -2.10. The van der Waals surface area contributed by atoms with Crippen LogP contribution in [0.4, 0.5) is 5.69 Å². The van der Waals surface area contributed by atoms with Crippen LogP contribution in [0.15, 0.2) is 24.3 Å². The number of amidine groups is 1.